The van der Waals surface area contributed by atoms with Gasteiger partial charge in [0.15, 0.2) is 0 Å². The van der Waals surface area contributed by atoms with E-state index < -0.39 is 6.22 Å². The van der Waals surface area contributed by atoms with Gasteiger partial charge in [0, 0.05) is 0 Å². The third-order valence-corrected chi connectivity index (χ3v) is 1.17. The second-order valence-corrected chi connectivity index (χ2v) is 2.73. The first kappa shape index (κ1) is 10.7. The van der Waals surface area contributed by atoms with E-state index in [0.29, 0.717) is 12.8 Å². The van der Waals surface area contributed by atoms with Crippen molar-refractivity contribution in [1.82, 2.24) is 0 Å². The maximum absolute atomic E-state index is 11.4. The second-order valence-electron chi connectivity index (χ2n) is 1.72. The fourth-order valence-electron chi connectivity index (χ4n) is 0.447. The summed E-state index contributed by atoms with van der Waals surface area (Å²) >= 11 is 10.5. The largest absolute Gasteiger partial charge is 0.495 e. The molecule has 0 aromatic heterocycles. The summed E-state index contributed by atoms with van der Waals surface area (Å²) < 4.78 is 15.5. The number of hydrogen-bond donors (Lipinski definition) is 0. The quantitative estimate of drug-likeness (QED) is 0.515. The molecule has 0 N–H and O–H groups in total. The normalized spacial score (nSPS) is 9.00. The van der Waals surface area contributed by atoms with E-state index in [9.17, 15) is 9.18 Å². The summed E-state index contributed by atoms with van der Waals surface area (Å²) in [6.07, 6.45) is 0.870. The molecule has 0 aromatic carbocycles. The molecule has 0 saturated heterocycles. The maximum Gasteiger partial charge on any atom is 0.495 e. The fourth-order valence-corrected chi connectivity index (χ4v) is 0.665. The number of hydrogen-bond acceptors (Lipinski definition) is 2. The molecule has 0 spiro atoms. The molecular weight excluding hydrogens is 194 g/mol. The molecule has 11 heavy (non-hydrogen) atoms. The number of halogens is 3. The lowest BCUT2D eigenvalue weighted by Crippen LogP contribution is -1.96. The molecular formula is C6H7Cl2FO2. The van der Waals surface area contributed by atoms with Gasteiger partial charge in [-0.2, -0.15) is 0 Å². The van der Waals surface area contributed by atoms with Crippen LogP contribution in [0.25, 0.3) is 0 Å². The van der Waals surface area contributed by atoms with Crippen LogP contribution in [0.15, 0.2) is 10.6 Å². The van der Waals surface area contributed by atoms with Gasteiger partial charge in [-0.15, -0.1) is 4.39 Å². The molecule has 0 bridgehead atoms. The smallest absolute Gasteiger partial charge is 0.440 e. The van der Waals surface area contributed by atoms with Crippen LogP contribution >= 0.6 is 23.2 Å². The van der Waals surface area contributed by atoms with Crippen LogP contribution in [-0.4, -0.2) is 12.8 Å². The van der Waals surface area contributed by atoms with E-state index >= 15 is 0 Å². The molecule has 0 amide bonds. The molecule has 0 atom stereocenters. The summed E-state index contributed by atoms with van der Waals surface area (Å²) in [5.74, 6) is 0. The second kappa shape index (κ2) is 6.43. The predicted octanol–water partition coefficient (Wildman–Crippen LogP) is 3.19. The summed E-state index contributed by atoms with van der Waals surface area (Å²) in [4.78, 5) is 9.58. The minimum atomic E-state index is -1.76. The summed E-state index contributed by atoms with van der Waals surface area (Å²) in [7, 11) is 0. The Hall–Kier alpha value is -0.280. The predicted molar refractivity (Wildman–Crippen MR) is 41.5 cm³/mol. The van der Waals surface area contributed by atoms with Gasteiger partial charge in [-0.3, -0.25) is 0 Å². The van der Waals surface area contributed by atoms with Crippen LogP contribution in [0.3, 0.4) is 0 Å². The highest BCUT2D eigenvalue weighted by Crippen LogP contribution is 2.08. The van der Waals surface area contributed by atoms with Crippen LogP contribution in [0.2, 0.25) is 0 Å². The summed E-state index contributed by atoms with van der Waals surface area (Å²) in [5, 5.41) is 0. The lowest BCUT2D eigenvalue weighted by molar-refractivity contribution is 0.120. The minimum Gasteiger partial charge on any atom is -0.440 e. The zero-order chi connectivity index (χ0) is 8.69. The molecule has 0 heterocycles. The first-order valence-electron chi connectivity index (χ1n) is 2.96. The Balaban J connectivity index is 3.15. The molecule has 0 fully saturated rings. The lowest BCUT2D eigenvalue weighted by Gasteiger charge is -1.95. The van der Waals surface area contributed by atoms with E-state index in [-0.39, 0.29) is 11.1 Å². The van der Waals surface area contributed by atoms with Crippen LogP contribution in [-0.2, 0) is 4.74 Å². The van der Waals surface area contributed by atoms with Gasteiger partial charge in [-0.25, -0.2) is 4.79 Å². The van der Waals surface area contributed by atoms with Gasteiger partial charge in [0.05, 0.1) is 6.61 Å². The van der Waals surface area contributed by atoms with Crippen LogP contribution in [0.4, 0.5) is 9.18 Å². The fraction of sp³-hybridized carbons (Fsp3) is 0.500. The summed E-state index contributed by atoms with van der Waals surface area (Å²) in [6.45, 7) is 0.0485. The van der Waals surface area contributed by atoms with Crippen LogP contribution in [0, 0.1) is 0 Å². The Morgan fingerprint density at radius 2 is 2.18 bits per heavy atom. The van der Waals surface area contributed by atoms with Gasteiger partial charge in [0.2, 0.25) is 0 Å². The first-order chi connectivity index (χ1) is 5.13. The highest BCUT2D eigenvalue weighted by Gasteiger charge is 1.95. The molecule has 2 nitrogen and oxygen atoms in total. The van der Waals surface area contributed by atoms with Crippen LogP contribution in [0.1, 0.15) is 12.8 Å². The summed E-state index contributed by atoms with van der Waals surface area (Å²) in [6, 6.07) is 0. The maximum atomic E-state index is 11.4. The van der Waals surface area contributed by atoms with Crippen molar-refractivity contribution in [3.05, 3.63) is 10.6 Å². The minimum absolute atomic E-state index is 0.0485. The highest BCUT2D eigenvalue weighted by molar-refractivity contribution is 6.55. The van der Waals surface area contributed by atoms with Crippen molar-refractivity contribution in [3.8, 4) is 0 Å². The van der Waals surface area contributed by atoms with E-state index in [2.05, 4.69) is 4.74 Å². The molecule has 0 saturated carbocycles. The van der Waals surface area contributed by atoms with Gasteiger partial charge >= 0.3 is 6.22 Å². The topological polar surface area (TPSA) is 26.3 Å². The monoisotopic (exact) mass is 200 g/mol. The van der Waals surface area contributed by atoms with Crippen LogP contribution < -0.4 is 0 Å². The number of carbonyl (C=O) groups excluding carboxylic acids is 1. The van der Waals surface area contributed by atoms with Crippen molar-refractivity contribution < 1.29 is 13.9 Å². The lowest BCUT2D eigenvalue weighted by atomic mass is 10.3. The molecule has 0 radical (unpaired) electrons. The Morgan fingerprint density at radius 1 is 1.55 bits per heavy atom. The van der Waals surface area contributed by atoms with Crippen molar-refractivity contribution in [2.75, 3.05) is 6.61 Å². The van der Waals surface area contributed by atoms with Gasteiger partial charge in [-0.1, -0.05) is 29.3 Å². The third kappa shape index (κ3) is 9.72. The molecule has 0 unspecified atom stereocenters. The van der Waals surface area contributed by atoms with Gasteiger partial charge in [-0.05, 0) is 12.8 Å². The van der Waals surface area contributed by atoms with E-state index in [1.54, 1.807) is 6.08 Å². The SMILES string of the molecule is O=C(F)OCCCC=C(Cl)Cl. The number of carbonyl (C=O) groups is 1. The average molecular weight is 201 g/mol. The van der Waals surface area contributed by atoms with E-state index in [1.807, 2.05) is 0 Å². The van der Waals surface area contributed by atoms with Crippen LogP contribution in [0.5, 0.6) is 0 Å². The number of allylic oxidation sites excluding steroid dienone is 1. The Labute approximate surface area is 73.9 Å². The van der Waals surface area contributed by atoms with E-state index in [4.69, 9.17) is 23.2 Å². The van der Waals surface area contributed by atoms with Crippen molar-refractivity contribution in [2.45, 2.75) is 12.8 Å². The van der Waals surface area contributed by atoms with Crippen molar-refractivity contribution in [1.29, 1.82) is 0 Å². The van der Waals surface area contributed by atoms with Gasteiger partial charge in [0.25, 0.3) is 0 Å². The zero-order valence-corrected chi connectivity index (χ0v) is 7.16. The van der Waals surface area contributed by atoms with Gasteiger partial charge < -0.3 is 4.74 Å². The molecule has 0 aliphatic heterocycles. The Bertz CT molecular complexity index is 155. The number of unbranched alkanes of at least 4 members (excludes halogenated alkanes) is 1. The van der Waals surface area contributed by atoms with Crippen molar-refractivity contribution in [3.63, 3.8) is 0 Å². The van der Waals surface area contributed by atoms with E-state index in [1.165, 1.54) is 0 Å². The molecule has 0 aliphatic rings. The molecule has 64 valence electrons. The molecule has 5 heteroatoms. The number of ether oxygens (including phenoxy) is 1. The number of rotatable bonds is 4. The van der Waals surface area contributed by atoms with Gasteiger partial charge in [0.1, 0.15) is 4.49 Å². The summed E-state index contributed by atoms with van der Waals surface area (Å²) in [5.41, 5.74) is 0. The average Bonchev–Trinajstić information content (AvgIpc) is 1.85. The van der Waals surface area contributed by atoms with E-state index in [0.717, 1.165) is 0 Å². The van der Waals surface area contributed by atoms with Crippen molar-refractivity contribution in [2.24, 2.45) is 0 Å². The molecule has 0 rings (SSSR count). The first-order valence-corrected chi connectivity index (χ1v) is 3.72. The molecule has 0 aliphatic carbocycles. The van der Waals surface area contributed by atoms with Crippen molar-refractivity contribution >= 4 is 29.4 Å². The standard InChI is InChI=1S/C6H7Cl2FO2/c7-5(8)3-1-2-4-11-6(9)10/h3H,1-2,4H2. The highest BCUT2D eigenvalue weighted by atomic mass is 35.5. The Morgan fingerprint density at radius 3 is 2.64 bits per heavy atom. The Kier molecular flexibility index (Phi) is 6.27. The zero-order valence-electron chi connectivity index (χ0n) is 5.65. The molecule has 0 aromatic rings. The third-order valence-electron chi connectivity index (χ3n) is 0.863.